The molecule has 0 radical (unpaired) electrons. The Morgan fingerprint density at radius 3 is 2.72 bits per heavy atom. The molecule has 1 atom stereocenters. The molecule has 1 aromatic carbocycles. The molecule has 1 N–H and O–H groups in total. The number of benzene rings is 1. The van der Waals surface area contributed by atoms with Crippen LogP contribution < -0.4 is 5.32 Å². The molecule has 1 aliphatic heterocycles. The van der Waals surface area contributed by atoms with E-state index in [1.807, 2.05) is 39.9 Å². The summed E-state index contributed by atoms with van der Waals surface area (Å²) in [6.07, 6.45) is 13.5. The number of carbonyl (C=O) groups is 2. The standard InChI is InChI=1S/C28H35N5O3/c1-36-15-14-32-19-30-24-17-22(31-27(34)20-8-3-2-4-9-20)16-23(26(24)32)28(35)33-13-6-5-11-25(33)21-10-7-12-29-18-21/h7,10,12,16-20,25H,2-6,8-9,11,13-15H2,1H3,(H,31,34)/t25-/m1/s1. The van der Waals surface area contributed by atoms with Gasteiger partial charge in [-0.25, -0.2) is 4.98 Å². The van der Waals surface area contributed by atoms with Gasteiger partial charge in [0.05, 0.1) is 35.6 Å². The summed E-state index contributed by atoms with van der Waals surface area (Å²) in [4.78, 5) is 38.1. The number of ether oxygens (including phenoxy) is 1. The number of nitrogens with zero attached hydrogens (tertiary/aromatic N) is 4. The van der Waals surface area contributed by atoms with Crippen LogP contribution in [0.4, 0.5) is 5.69 Å². The van der Waals surface area contributed by atoms with Gasteiger partial charge in [0.25, 0.3) is 5.91 Å². The lowest BCUT2D eigenvalue weighted by molar-refractivity contribution is -0.120. The molecule has 1 aliphatic carbocycles. The quantitative estimate of drug-likeness (QED) is 0.506. The molecule has 0 unspecified atom stereocenters. The number of rotatable bonds is 7. The lowest BCUT2D eigenvalue weighted by Gasteiger charge is -2.36. The highest BCUT2D eigenvalue weighted by Crippen LogP contribution is 2.34. The first-order valence-electron chi connectivity index (χ1n) is 13.2. The average Bonchev–Trinajstić information content (AvgIpc) is 3.34. The fraction of sp³-hybridized carbons (Fsp3) is 0.500. The normalized spacial score (nSPS) is 18.9. The Morgan fingerprint density at radius 1 is 1.11 bits per heavy atom. The van der Waals surface area contributed by atoms with Gasteiger partial charge in [0, 0.05) is 44.2 Å². The van der Waals surface area contributed by atoms with Gasteiger partial charge in [-0.3, -0.25) is 14.6 Å². The summed E-state index contributed by atoms with van der Waals surface area (Å²) in [6, 6.07) is 7.66. The fourth-order valence-electron chi connectivity index (χ4n) is 5.66. The largest absolute Gasteiger partial charge is 0.383 e. The zero-order valence-electron chi connectivity index (χ0n) is 21.0. The number of piperidine rings is 1. The van der Waals surface area contributed by atoms with Crippen molar-refractivity contribution in [3.63, 3.8) is 0 Å². The van der Waals surface area contributed by atoms with E-state index in [0.29, 0.717) is 36.5 Å². The van der Waals surface area contributed by atoms with Gasteiger partial charge in [-0.2, -0.15) is 0 Å². The van der Waals surface area contributed by atoms with Crippen LogP contribution in [0.25, 0.3) is 11.0 Å². The number of carbonyl (C=O) groups excluding carboxylic acids is 2. The van der Waals surface area contributed by atoms with Crippen molar-refractivity contribution in [1.82, 2.24) is 19.4 Å². The molecule has 8 heteroatoms. The number of methoxy groups -OCH3 is 1. The van der Waals surface area contributed by atoms with Gasteiger partial charge in [0.1, 0.15) is 0 Å². The Balaban J connectivity index is 1.51. The summed E-state index contributed by atoms with van der Waals surface area (Å²) in [5.74, 6) is 0.0314. The number of anilines is 1. The Bertz CT molecular complexity index is 1200. The molecular formula is C28H35N5O3. The number of likely N-dealkylation sites (tertiary alicyclic amines) is 1. The first kappa shape index (κ1) is 24.4. The van der Waals surface area contributed by atoms with Crippen LogP contribution in [0.1, 0.15) is 73.3 Å². The van der Waals surface area contributed by atoms with E-state index in [0.717, 1.165) is 56.0 Å². The number of nitrogens with one attached hydrogen (secondary N) is 1. The van der Waals surface area contributed by atoms with E-state index in [2.05, 4.69) is 15.3 Å². The molecule has 1 saturated carbocycles. The Kier molecular flexibility index (Phi) is 7.60. The number of hydrogen-bond donors (Lipinski definition) is 1. The zero-order chi connectivity index (χ0) is 24.9. The number of aromatic nitrogens is 3. The third kappa shape index (κ3) is 5.14. The van der Waals surface area contributed by atoms with Crippen LogP contribution in [-0.2, 0) is 16.1 Å². The predicted octanol–water partition coefficient (Wildman–Crippen LogP) is 4.96. The summed E-state index contributed by atoms with van der Waals surface area (Å²) < 4.78 is 7.27. The maximum Gasteiger partial charge on any atom is 0.256 e. The van der Waals surface area contributed by atoms with Gasteiger partial charge in [0.2, 0.25) is 5.91 Å². The molecule has 36 heavy (non-hydrogen) atoms. The van der Waals surface area contributed by atoms with E-state index < -0.39 is 0 Å². The Hall–Kier alpha value is -3.26. The van der Waals surface area contributed by atoms with Crippen LogP contribution in [0.2, 0.25) is 0 Å². The third-order valence-electron chi connectivity index (χ3n) is 7.56. The number of hydrogen-bond acceptors (Lipinski definition) is 5. The van der Waals surface area contributed by atoms with Crippen molar-refractivity contribution in [3.8, 4) is 0 Å². The average molecular weight is 490 g/mol. The Morgan fingerprint density at radius 2 is 1.94 bits per heavy atom. The number of amides is 2. The van der Waals surface area contributed by atoms with E-state index in [4.69, 9.17) is 4.74 Å². The van der Waals surface area contributed by atoms with Gasteiger partial charge in [-0.1, -0.05) is 25.3 Å². The Labute approximate surface area is 212 Å². The van der Waals surface area contributed by atoms with Gasteiger partial charge in [0.15, 0.2) is 0 Å². The van der Waals surface area contributed by atoms with E-state index in [9.17, 15) is 9.59 Å². The molecule has 3 heterocycles. The molecule has 3 aromatic rings. The molecule has 2 amide bonds. The molecular weight excluding hydrogens is 454 g/mol. The van der Waals surface area contributed by atoms with Crippen LogP contribution in [-0.4, -0.2) is 51.5 Å². The predicted molar refractivity (Wildman–Crippen MR) is 139 cm³/mol. The minimum Gasteiger partial charge on any atom is -0.383 e. The summed E-state index contributed by atoms with van der Waals surface area (Å²) >= 11 is 0. The lowest BCUT2D eigenvalue weighted by Crippen LogP contribution is -2.38. The second kappa shape index (κ2) is 11.2. The highest BCUT2D eigenvalue weighted by atomic mass is 16.5. The van der Waals surface area contributed by atoms with Crippen molar-refractivity contribution in [3.05, 3.63) is 54.1 Å². The van der Waals surface area contributed by atoms with Crippen LogP contribution in [0, 0.1) is 5.92 Å². The van der Waals surface area contributed by atoms with Gasteiger partial charge < -0.3 is 19.5 Å². The SMILES string of the molecule is COCCn1cnc2cc(NC(=O)C3CCCCC3)cc(C(=O)N3CCCC[C@@H]3c3cccnc3)c21. The van der Waals surface area contributed by atoms with Crippen LogP contribution in [0.3, 0.4) is 0 Å². The molecule has 0 spiro atoms. The van der Waals surface area contributed by atoms with Crippen LogP contribution in [0.5, 0.6) is 0 Å². The number of imidazole rings is 1. The van der Waals surface area contributed by atoms with E-state index in [1.165, 1.54) is 6.42 Å². The molecule has 5 rings (SSSR count). The highest BCUT2D eigenvalue weighted by Gasteiger charge is 2.31. The van der Waals surface area contributed by atoms with Crippen molar-refractivity contribution >= 4 is 28.5 Å². The summed E-state index contributed by atoms with van der Waals surface area (Å²) in [7, 11) is 1.66. The molecule has 8 nitrogen and oxygen atoms in total. The molecule has 2 aromatic heterocycles. The second-order valence-electron chi connectivity index (χ2n) is 9.94. The second-order valence-corrected chi connectivity index (χ2v) is 9.94. The van der Waals surface area contributed by atoms with Crippen LogP contribution >= 0.6 is 0 Å². The molecule has 1 saturated heterocycles. The first-order chi connectivity index (χ1) is 17.7. The van der Waals surface area contributed by atoms with E-state index >= 15 is 0 Å². The first-order valence-corrected chi connectivity index (χ1v) is 13.2. The van der Waals surface area contributed by atoms with Gasteiger partial charge in [-0.15, -0.1) is 0 Å². The van der Waals surface area contributed by atoms with Crippen molar-refractivity contribution in [1.29, 1.82) is 0 Å². The minimum absolute atomic E-state index is 0.0224. The molecule has 2 aliphatic rings. The van der Waals surface area contributed by atoms with Gasteiger partial charge in [-0.05, 0) is 55.9 Å². The van der Waals surface area contributed by atoms with Crippen molar-refractivity contribution < 1.29 is 14.3 Å². The third-order valence-corrected chi connectivity index (χ3v) is 7.56. The zero-order valence-corrected chi connectivity index (χ0v) is 21.0. The van der Waals surface area contributed by atoms with Gasteiger partial charge >= 0.3 is 0 Å². The molecule has 190 valence electrons. The maximum atomic E-state index is 14.2. The molecule has 0 bridgehead atoms. The van der Waals surface area contributed by atoms with Crippen molar-refractivity contribution in [2.24, 2.45) is 5.92 Å². The smallest absolute Gasteiger partial charge is 0.256 e. The van der Waals surface area contributed by atoms with E-state index in [1.54, 1.807) is 19.6 Å². The topological polar surface area (TPSA) is 89.3 Å². The number of fused-ring (bicyclic) bond motifs is 1. The monoisotopic (exact) mass is 489 g/mol. The summed E-state index contributed by atoms with van der Waals surface area (Å²) in [5, 5.41) is 3.10. The minimum atomic E-state index is -0.0403. The molecule has 2 fully saturated rings. The van der Waals surface area contributed by atoms with Crippen LogP contribution in [0.15, 0.2) is 43.0 Å². The summed E-state index contributed by atoms with van der Waals surface area (Å²) in [5.41, 5.74) is 3.73. The number of pyridine rings is 1. The van der Waals surface area contributed by atoms with Crippen molar-refractivity contribution in [2.45, 2.75) is 64.0 Å². The van der Waals surface area contributed by atoms with E-state index in [-0.39, 0.29) is 23.8 Å². The highest BCUT2D eigenvalue weighted by molar-refractivity contribution is 6.08. The summed E-state index contributed by atoms with van der Waals surface area (Å²) in [6.45, 7) is 1.79. The fourth-order valence-corrected chi connectivity index (χ4v) is 5.66. The maximum absolute atomic E-state index is 14.2. The van der Waals surface area contributed by atoms with Crippen molar-refractivity contribution in [2.75, 3.05) is 25.6 Å². The lowest BCUT2D eigenvalue weighted by atomic mass is 9.88.